The number of rotatable bonds is 3. The summed E-state index contributed by atoms with van der Waals surface area (Å²) < 4.78 is 5.06. The maximum atomic E-state index is 5.84. The van der Waals surface area contributed by atoms with Crippen LogP contribution >= 0.6 is 0 Å². The van der Waals surface area contributed by atoms with Gasteiger partial charge in [-0.1, -0.05) is 5.16 Å². The van der Waals surface area contributed by atoms with Gasteiger partial charge in [0.1, 0.15) is 0 Å². The van der Waals surface area contributed by atoms with Gasteiger partial charge >= 0.3 is 0 Å². The highest BCUT2D eigenvalue weighted by atomic mass is 16.5. The molecule has 0 radical (unpaired) electrons. The van der Waals surface area contributed by atoms with Crippen LogP contribution in [-0.4, -0.2) is 40.7 Å². The van der Waals surface area contributed by atoms with Crippen molar-refractivity contribution in [1.29, 1.82) is 0 Å². The third-order valence-electron chi connectivity index (χ3n) is 2.84. The molecular formula is C10H18N4O. The normalized spacial score (nSPS) is 19.6. The summed E-state index contributed by atoms with van der Waals surface area (Å²) in [7, 11) is 0. The van der Waals surface area contributed by atoms with E-state index in [1.165, 1.54) is 0 Å². The van der Waals surface area contributed by atoms with Crippen LogP contribution in [0.2, 0.25) is 0 Å². The Morgan fingerprint density at radius 1 is 1.47 bits per heavy atom. The number of likely N-dealkylation sites (tertiary alicyclic amines) is 1. The summed E-state index contributed by atoms with van der Waals surface area (Å²) in [6.07, 6.45) is 3.04. The van der Waals surface area contributed by atoms with Crippen LogP contribution in [0.5, 0.6) is 0 Å². The van der Waals surface area contributed by atoms with Crippen molar-refractivity contribution in [2.75, 3.05) is 19.6 Å². The van der Waals surface area contributed by atoms with Crippen molar-refractivity contribution in [1.82, 2.24) is 15.0 Å². The number of hydrogen-bond donors (Lipinski definition) is 1. The lowest BCUT2D eigenvalue weighted by Crippen LogP contribution is -2.40. The van der Waals surface area contributed by atoms with E-state index >= 15 is 0 Å². The third kappa shape index (κ3) is 3.00. The molecule has 2 N–H and O–H groups in total. The van der Waals surface area contributed by atoms with Gasteiger partial charge in [0.05, 0.1) is 0 Å². The highest BCUT2D eigenvalue weighted by Crippen LogP contribution is 2.08. The summed E-state index contributed by atoms with van der Waals surface area (Å²) in [5.74, 6) is 1.45. The number of hydrogen-bond acceptors (Lipinski definition) is 5. The van der Waals surface area contributed by atoms with Crippen molar-refractivity contribution in [3.63, 3.8) is 0 Å². The first-order valence-corrected chi connectivity index (χ1v) is 5.51. The van der Waals surface area contributed by atoms with Gasteiger partial charge in [-0.2, -0.15) is 4.98 Å². The van der Waals surface area contributed by atoms with Gasteiger partial charge in [0.2, 0.25) is 5.89 Å². The second-order valence-corrected chi connectivity index (χ2v) is 4.16. The van der Waals surface area contributed by atoms with Gasteiger partial charge in [-0.25, -0.2) is 0 Å². The highest BCUT2D eigenvalue weighted by molar-refractivity contribution is 4.84. The fraction of sp³-hybridized carbons (Fsp3) is 0.800. The Hall–Kier alpha value is -0.940. The molecule has 2 heterocycles. The lowest BCUT2D eigenvalue weighted by molar-refractivity contribution is 0.208. The van der Waals surface area contributed by atoms with E-state index in [1.54, 1.807) is 0 Å². The first-order valence-electron chi connectivity index (χ1n) is 5.51. The molecule has 1 saturated heterocycles. The van der Waals surface area contributed by atoms with Gasteiger partial charge in [0, 0.05) is 19.0 Å². The Bertz CT molecular complexity index is 304. The van der Waals surface area contributed by atoms with Crippen molar-refractivity contribution < 1.29 is 4.52 Å². The Balaban J connectivity index is 1.74. The van der Waals surface area contributed by atoms with Crippen LogP contribution < -0.4 is 5.73 Å². The molecule has 5 nitrogen and oxygen atoms in total. The predicted octanol–water partition coefficient (Wildman–Crippen LogP) is 0.344. The lowest BCUT2D eigenvalue weighted by Gasteiger charge is -2.29. The molecule has 2 rings (SSSR count). The topological polar surface area (TPSA) is 68.2 Å². The fourth-order valence-electron chi connectivity index (χ4n) is 1.87. The first kappa shape index (κ1) is 10.6. The number of nitrogens with two attached hydrogens (primary N) is 1. The van der Waals surface area contributed by atoms with Gasteiger partial charge in [-0.3, -0.25) is 0 Å². The number of aromatic nitrogens is 2. The molecule has 0 spiro atoms. The first-order chi connectivity index (χ1) is 7.24. The number of nitrogens with zero attached hydrogens (tertiary/aromatic N) is 3. The van der Waals surface area contributed by atoms with Crippen molar-refractivity contribution in [3.05, 3.63) is 11.7 Å². The highest BCUT2D eigenvalue weighted by Gasteiger charge is 2.16. The second kappa shape index (κ2) is 4.72. The molecule has 1 aliphatic heterocycles. The molecule has 0 aliphatic carbocycles. The molecule has 5 heteroatoms. The fourth-order valence-corrected chi connectivity index (χ4v) is 1.87. The zero-order valence-electron chi connectivity index (χ0n) is 9.15. The molecule has 0 unspecified atom stereocenters. The average Bonchev–Trinajstić information content (AvgIpc) is 2.64. The number of piperidine rings is 1. The van der Waals surface area contributed by atoms with Crippen LogP contribution in [0.4, 0.5) is 0 Å². The Morgan fingerprint density at radius 3 is 2.80 bits per heavy atom. The van der Waals surface area contributed by atoms with Crippen LogP contribution in [-0.2, 0) is 6.42 Å². The van der Waals surface area contributed by atoms with E-state index in [0.29, 0.717) is 11.9 Å². The van der Waals surface area contributed by atoms with Crippen LogP contribution in [0.3, 0.4) is 0 Å². The monoisotopic (exact) mass is 210 g/mol. The van der Waals surface area contributed by atoms with Crippen molar-refractivity contribution in [2.45, 2.75) is 32.2 Å². The maximum Gasteiger partial charge on any atom is 0.227 e. The molecule has 1 aromatic rings. The molecule has 0 bridgehead atoms. The summed E-state index contributed by atoms with van der Waals surface area (Å²) in [5.41, 5.74) is 5.84. The largest absolute Gasteiger partial charge is 0.339 e. The molecule has 84 valence electrons. The van der Waals surface area contributed by atoms with Crippen LogP contribution in [0.25, 0.3) is 0 Å². The van der Waals surface area contributed by atoms with Gasteiger partial charge in [-0.05, 0) is 32.9 Å². The van der Waals surface area contributed by atoms with E-state index in [9.17, 15) is 0 Å². The summed E-state index contributed by atoms with van der Waals surface area (Å²) >= 11 is 0. The van der Waals surface area contributed by atoms with Crippen molar-refractivity contribution >= 4 is 0 Å². The Labute approximate surface area is 89.6 Å². The molecule has 0 amide bonds. The zero-order chi connectivity index (χ0) is 10.7. The summed E-state index contributed by atoms with van der Waals surface area (Å²) in [6, 6.07) is 0.395. The Morgan fingerprint density at radius 2 is 2.20 bits per heavy atom. The van der Waals surface area contributed by atoms with Crippen LogP contribution in [0.15, 0.2) is 4.52 Å². The molecule has 0 atom stereocenters. The lowest BCUT2D eigenvalue weighted by atomic mass is 10.1. The third-order valence-corrected chi connectivity index (χ3v) is 2.84. The van der Waals surface area contributed by atoms with Crippen molar-refractivity contribution in [2.24, 2.45) is 5.73 Å². The van der Waals surface area contributed by atoms with E-state index < -0.39 is 0 Å². The van der Waals surface area contributed by atoms with Gasteiger partial charge in [0.15, 0.2) is 5.82 Å². The molecule has 15 heavy (non-hydrogen) atoms. The smallest absolute Gasteiger partial charge is 0.227 e. The minimum Gasteiger partial charge on any atom is -0.339 e. The van der Waals surface area contributed by atoms with Crippen LogP contribution in [0, 0.1) is 6.92 Å². The van der Waals surface area contributed by atoms with Gasteiger partial charge < -0.3 is 15.2 Å². The molecule has 1 aromatic heterocycles. The van der Waals surface area contributed by atoms with E-state index in [0.717, 1.165) is 44.8 Å². The van der Waals surface area contributed by atoms with Crippen LogP contribution in [0.1, 0.15) is 24.6 Å². The van der Waals surface area contributed by atoms with Crippen molar-refractivity contribution in [3.8, 4) is 0 Å². The second-order valence-electron chi connectivity index (χ2n) is 4.16. The molecule has 0 saturated carbocycles. The van der Waals surface area contributed by atoms with E-state index in [1.807, 2.05) is 6.92 Å². The quantitative estimate of drug-likeness (QED) is 0.779. The SMILES string of the molecule is Cc1noc(CCN2CCC(N)CC2)n1. The minimum atomic E-state index is 0.395. The summed E-state index contributed by atoms with van der Waals surface area (Å²) in [6.45, 7) is 5.02. The maximum absolute atomic E-state index is 5.84. The zero-order valence-corrected chi connectivity index (χ0v) is 9.15. The summed E-state index contributed by atoms with van der Waals surface area (Å²) in [5, 5.41) is 3.77. The van der Waals surface area contributed by atoms with E-state index in [2.05, 4.69) is 15.0 Å². The number of aryl methyl sites for hydroxylation is 1. The standard InChI is InChI=1S/C10H18N4O/c1-8-12-10(15-13-8)4-7-14-5-2-9(11)3-6-14/h9H,2-7,11H2,1H3. The summed E-state index contributed by atoms with van der Waals surface area (Å²) in [4.78, 5) is 6.59. The van der Waals surface area contributed by atoms with E-state index in [4.69, 9.17) is 10.3 Å². The molecule has 1 aliphatic rings. The molecular weight excluding hydrogens is 192 g/mol. The van der Waals surface area contributed by atoms with E-state index in [-0.39, 0.29) is 0 Å². The van der Waals surface area contributed by atoms with Gasteiger partial charge in [0.25, 0.3) is 0 Å². The average molecular weight is 210 g/mol. The molecule has 1 fully saturated rings. The Kier molecular flexibility index (Phi) is 3.33. The van der Waals surface area contributed by atoms with Gasteiger partial charge in [-0.15, -0.1) is 0 Å². The molecule has 0 aromatic carbocycles. The predicted molar refractivity (Wildman–Crippen MR) is 56.4 cm³/mol. The minimum absolute atomic E-state index is 0.395.